The first-order valence-electron chi connectivity index (χ1n) is 8.14. The highest BCUT2D eigenvalue weighted by molar-refractivity contribution is 5.89. The Morgan fingerprint density at radius 1 is 1.29 bits per heavy atom. The van der Waals surface area contributed by atoms with Crippen molar-refractivity contribution in [1.29, 1.82) is 0 Å². The maximum Gasteiger partial charge on any atom is 0.233 e. The molecule has 2 aliphatic rings. The van der Waals surface area contributed by atoms with Gasteiger partial charge in [0.1, 0.15) is 6.10 Å². The third-order valence-electron chi connectivity index (χ3n) is 4.52. The minimum Gasteiger partial charge on any atom is -0.471 e. The van der Waals surface area contributed by atoms with E-state index in [-0.39, 0.29) is 23.8 Å². The fourth-order valence-corrected chi connectivity index (χ4v) is 3.10. The van der Waals surface area contributed by atoms with E-state index in [1.807, 2.05) is 25.1 Å². The second-order valence-electron chi connectivity index (χ2n) is 6.61. The van der Waals surface area contributed by atoms with Crippen LogP contribution in [0.2, 0.25) is 0 Å². The van der Waals surface area contributed by atoms with Crippen molar-refractivity contribution < 1.29 is 14.3 Å². The van der Waals surface area contributed by atoms with Gasteiger partial charge in [-0.15, -0.1) is 10.2 Å². The Morgan fingerprint density at radius 3 is 2.67 bits per heavy atom. The number of carbonyl (C=O) groups is 2. The van der Waals surface area contributed by atoms with Crippen LogP contribution in [0, 0.1) is 5.92 Å². The first-order valence-corrected chi connectivity index (χ1v) is 8.14. The van der Waals surface area contributed by atoms with E-state index in [0.717, 1.165) is 12.2 Å². The van der Waals surface area contributed by atoms with Crippen molar-refractivity contribution in [2.75, 3.05) is 45.7 Å². The Bertz CT molecular complexity index is 619. The minimum absolute atomic E-state index is 0.0385. The Hall–Kier alpha value is -2.38. The maximum atomic E-state index is 12.5. The molecular weight excluding hydrogens is 310 g/mol. The van der Waals surface area contributed by atoms with Crippen LogP contribution in [0.3, 0.4) is 0 Å². The monoisotopic (exact) mass is 333 g/mol. The van der Waals surface area contributed by atoms with Gasteiger partial charge in [0.25, 0.3) is 0 Å². The molecule has 1 aromatic heterocycles. The first-order chi connectivity index (χ1) is 11.4. The number of rotatable bonds is 4. The summed E-state index contributed by atoms with van der Waals surface area (Å²) < 4.78 is 5.83. The third kappa shape index (κ3) is 3.42. The number of carbonyl (C=O) groups excluding carboxylic acids is 2. The quantitative estimate of drug-likeness (QED) is 0.772. The van der Waals surface area contributed by atoms with Gasteiger partial charge < -0.3 is 19.4 Å². The van der Waals surface area contributed by atoms with Gasteiger partial charge in [0.05, 0.1) is 12.5 Å². The van der Waals surface area contributed by atoms with Crippen LogP contribution >= 0.6 is 0 Å². The minimum atomic E-state index is -0.222. The standard InChI is InChI=1S/C16H23N5O3/c1-19(2)13-4-5-14(18-17-13)24-12-6-7-21(10-12)16(23)11-8-15(22)20(3)9-11/h4-5,11-12H,6-10H2,1-3H3. The smallest absolute Gasteiger partial charge is 0.233 e. The zero-order valence-corrected chi connectivity index (χ0v) is 14.3. The highest BCUT2D eigenvalue weighted by atomic mass is 16.5. The summed E-state index contributed by atoms with van der Waals surface area (Å²) in [4.78, 5) is 29.4. The van der Waals surface area contributed by atoms with E-state index < -0.39 is 0 Å². The van der Waals surface area contributed by atoms with E-state index in [4.69, 9.17) is 4.74 Å². The van der Waals surface area contributed by atoms with Crippen LogP contribution in [-0.4, -0.2) is 78.7 Å². The average molecular weight is 333 g/mol. The number of ether oxygens (including phenoxy) is 1. The van der Waals surface area contributed by atoms with E-state index >= 15 is 0 Å². The highest BCUT2D eigenvalue weighted by Gasteiger charge is 2.37. The number of amides is 2. The maximum absolute atomic E-state index is 12.5. The van der Waals surface area contributed by atoms with Crippen molar-refractivity contribution in [2.24, 2.45) is 5.92 Å². The molecule has 8 nitrogen and oxygen atoms in total. The molecule has 24 heavy (non-hydrogen) atoms. The lowest BCUT2D eigenvalue weighted by Gasteiger charge is -2.20. The summed E-state index contributed by atoms with van der Waals surface area (Å²) >= 11 is 0. The molecule has 0 aliphatic carbocycles. The van der Waals surface area contributed by atoms with Crippen LogP contribution < -0.4 is 9.64 Å². The molecule has 0 N–H and O–H groups in total. The predicted molar refractivity (Wildman–Crippen MR) is 87.7 cm³/mol. The lowest BCUT2D eigenvalue weighted by molar-refractivity contribution is -0.135. The largest absolute Gasteiger partial charge is 0.471 e. The molecule has 0 bridgehead atoms. The van der Waals surface area contributed by atoms with Gasteiger partial charge in [-0.1, -0.05) is 0 Å². The summed E-state index contributed by atoms with van der Waals surface area (Å²) in [5.41, 5.74) is 0. The van der Waals surface area contributed by atoms with Crippen LogP contribution in [0.5, 0.6) is 5.88 Å². The van der Waals surface area contributed by atoms with Crippen LogP contribution in [0.15, 0.2) is 12.1 Å². The molecule has 3 rings (SSSR count). The number of aromatic nitrogens is 2. The van der Waals surface area contributed by atoms with E-state index in [1.165, 1.54) is 0 Å². The first kappa shape index (κ1) is 16.5. The van der Waals surface area contributed by atoms with Gasteiger partial charge in [0.2, 0.25) is 17.7 Å². The number of anilines is 1. The topological polar surface area (TPSA) is 78.9 Å². The normalized spacial score (nSPS) is 23.7. The molecule has 1 aromatic rings. The Balaban J connectivity index is 1.53. The van der Waals surface area contributed by atoms with Gasteiger partial charge in [0, 0.05) is 53.1 Å². The summed E-state index contributed by atoms with van der Waals surface area (Å²) in [6, 6.07) is 3.64. The Morgan fingerprint density at radius 2 is 2.08 bits per heavy atom. The summed E-state index contributed by atoms with van der Waals surface area (Å²) in [7, 11) is 5.54. The van der Waals surface area contributed by atoms with E-state index in [2.05, 4.69) is 10.2 Å². The Kier molecular flexibility index (Phi) is 4.55. The van der Waals surface area contributed by atoms with Crippen LogP contribution in [0.25, 0.3) is 0 Å². The van der Waals surface area contributed by atoms with Gasteiger partial charge in [-0.05, 0) is 6.07 Å². The van der Waals surface area contributed by atoms with E-state index in [1.54, 1.807) is 22.9 Å². The molecule has 0 saturated carbocycles. The summed E-state index contributed by atoms with van der Waals surface area (Å²) in [5, 5.41) is 8.14. The van der Waals surface area contributed by atoms with Gasteiger partial charge in [-0.25, -0.2) is 0 Å². The van der Waals surface area contributed by atoms with Gasteiger partial charge in [0.15, 0.2) is 5.82 Å². The predicted octanol–water partition coefficient (Wildman–Crippen LogP) is 0.000600. The van der Waals surface area contributed by atoms with Gasteiger partial charge in [-0.3, -0.25) is 9.59 Å². The second kappa shape index (κ2) is 6.62. The van der Waals surface area contributed by atoms with Gasteiger partial charge in [-0.2, -0.15) is 0 Å². The summed E-state index contributed by atoms with van der Waals surface area (Å²) in [6.45, 7) is 1.70. The van der Waals surface area contributed by atoms with Gasteiger partial charge >= 0.3 is 0 Å². The molecule has 130 valence electrons. The number of nitrogens with zero attached hydrogens (tertiary/aromatic N) is 5. The molecular formula is C16H23N5O3. The molecule has 8 heteroatoms. The molecule has 0 aromatic carbocycles. The molecule has 0 radical (unpaired) electrons. The number of likely N-dealkylation sites (tertiary alicyclic amines) is 2. The van der Waals surface area contributed by atoms with E-state index in [0.29, 0.717) is 31.9 Å². The second-order valence-corrected chi connectivity index (χ2v) is 6.61. The molecule has 2 aliphatic heterocycles. The molecule has 2 fully saturated rings. The lowest BCUT2D eigenvalue weighted by Crippen LogP contribution is -2.36. The van der Waals surface area contributed by atoms with Crippen LogP contribution in [-0.2, 0) is 9.59 Å². The van der Waals surface area contributed by atoms with Crippen molar-refractivity contribution in [3.8, 4) is 5.88 Å². The highest BCUT2D eigenvalue weighted by Crippen LogP contribution is 2.23. The molecule has 2 saturated heterocycles. The van der Waals surface area contributed by atoms with Crippen LogP contribution in [0.4, 0.5) is 5.82 Å². The van der Waals surface area contributed by atoms with E-state index in [9.17, 15) is 9.59 Å². The summed E-state index contributed by atoms with van der Waals surface area (Å²) in [6.07, 6.45) is 0.997. The van der Waals surface area contributed by atoms with Crippen LogP contribution in [0.1, 0.15) is 12.8 Å². The average Bonchev–Trinajstić information content (AvgIpc) is 3.14. The lowest BCUT2D eigenvalue weighted by atomic mass is 10.1. The molecule has 3 heterocycles. The van der Waals surface area contributed by atoms with Crippen molar-refractivity contribution in [3.05, 3.63) is 12.1 Å². The molecule has 2 atom stereocenters. The summed E-state index contributed by atoms with van der Waals surface area (Å²) in [5.74, 6) is 1.10. The number of hydrogen-bond acceptors (Lipinski definition) is 6. The molecule has 0 spiro atoms. The SMILES string of the molecule is CN1CC(C(=O)N2CCC(Oc3ccc(N(C)C)nn3)C2)CC1=O. The van der Waals surface area contributed by atoms with Crippen molar-refractivity contribution in [1.82, 2.24) is 20.0 Å². The zero-order valence-electron chi connectivity index (χ0n) is 14.3. The van der Waals surface area contributed by atoms with Crippen molar-refractivity contribution >= 4 is 17.6 Å². The fourth-order valence-electron chi connectivity index (χ4n) is 3.10. The Labute approximate surface area is 141 Å². The molecule has 2 unspecified atom stereocenters. The van der Waals surface area contributed by atoms with Crippen molar-refractivity contribution in [3.63, 3.8) is 0 Å². The fraction of sp³-hybridized carbons (Fsp3) is 0.625. The number of hydrogen-bond donors (Lipinski definition) is 0. The van der Waals surface area contributed by atoms with Crippen molar-refractivity contribution in [2.45, 2.75) is 18.9 Å². The third-order valence-corrected chi connectivity index (χ3v) is 4.52. The zero-order chi connectivity index (χ0) is 17.3. The molecule has 2 amide bonds.